The third-order valence-corrected chi connectivity index (χ3v) is 3.59. The quantitative estimate of drug-likeness (QED) is 0.786. The largest absolute Gasteiger partial charge is 0.398 e. The summed E-state index contributed by atoms with van der Waals surface area (Å²) in [5.41, 5.74) is 8.02. The lowest BCUT2D eigenvalue weighted by atomic mass is 10.2. The third kappa shape index (κ3) is 5.38. The summed E-state index contributed by atoms with van der Waals surface area (Å²) in [6, 6.07) is 6.22. The van der Waals surface area contributed by atoms with Crippen molar-refractivity contribution in [1.29, 1.82) is 0 Å². The van der Waals surface area contributed by atoms with Crippen LogP contribution < -0.4 is 5.73 Å². The second kappa shape index (κ2) is 7.77. The van der Waals surface area contributed by atoms with Crippen LogP contribution in [0.15, 0.2) is 22.7 Å². The van der Waals surface area contributed by atoms with E-state index in [2.05, 4.69) is 58.9 Å². The van der Waals surface area contributed by atoms with Crippen LogP contribution in [-0.2, 0) is 6.54 Å². The Hall–Kier alpha value is -0.580. The average Bonchev–Trinajstić information content (AvgIpc) is 2.31. The molecule has 0 aliphatic heterocycles. The molecular weight excluding hydrogens is 290 g/mol. The standard InChI is InChI=1S/C14H24BrN3/c1-4-7-18(9-8-17(2)3)11-12-5-6-13(15)14(16)10-12/h5-6,10H,4,7-9,11,16H2,1-3H3. The Morgan fingerprint density at radius 1 is 1.17 bits per heavy atom. The highest BCUT2D eigenvalue weighted by Gasteiger charge is 2.06. The van der Waals surface area contributed by atoms with Crippen LogP contribution >= 0.6 is 15.9 Å². The maximum absolute atomic E-state index is 5.92. The van der Waals surface area contributed by atoms with Crippen molar-refractivity contribution in [2.75, 3.05) is 39.5 Å². The number of rotatable bonds is 7. The molecule has 0 heterocycles. The Kier molecular flexibility index (Phi) is 6.68. The first-order valence-electron chi connectivity index (χ1n) is 6.44. The van der Waals surface area contributed by atoms with E-state index in [1.54, 1.807) is 0 Å². The monoisotopic (exact) mass is 313 g/mol. The molecule has 0 unspecified atom stereocenters. The van der Waals surface area contributed by atoms with Gasteiger partial charge in [-0.1, -0.05) is 13.0 Å². The molecule has 0 saturated heterocycles. The van der Waals surface area contributed by atoms with E-state index in [1.165, 1.54) is 12.0 Å². The molecule has 1 aromatic carbocycles. The lowest BCUT2D eigenvalue weighted by Crippen LogP contribution is -2.32. The molecule has 0 radical (unpaired) electrons. The molecule has 0 aliphatic rings. The number of halogens is 1. The van der Waals surface area contributed by atoms with Crippen molar-refractivity contribution in [2.24, 2.45) is 0 Å². The fourth-order valence-electron chi connectivity index (χ4n) is 1.88. The van der Waals surface area contributed by atoms with E-state index in [1.807, 2.05) is 6.07 Å². The first kappa shape index (κ1) is 15.5. The van der Waals surface area contributed by atoms with Crippen LogP contribution in [0.3, 0.4) is 0 Å². The van der Waals surface area contributed by atoms with Gasteiger partial charge in [-0.2, -0.15) is 0 Å². The SMILES string of the molecule is CCCN(CCN(C)C)Cc1ccc(Br)c(N)c1. The van der Waals surface area contributed by atoms with Gasteiger partial charge >= 0.3 is 0 Å². The van der Waals surface area contributed by atoms with E-state index in [0.717, 1.165) is 36.3 Å². The van der Waals surface area contributed by atoms with Gasteiger partial charge in [0.15, 0.2) is 0 Å². The van der Waals surface area contributed by atoms with Crippen molar-refractivity contribution < 1.29 is 0 Å². The minimum atomic E-state index is 0.816. The van der Waals surface area contributed by atoms with Crippen LogP contribution in [0.4, 0.5) is 5.69 Å². The molecule has 3 nitrogen and oxygen atoms in total. The zero-order valence-electron chi connectivity index (χ0n) is 11.6. The van der Waals surface area contributed by atoms with E-state index >= 15 is 0 Å². The van der Waals surface area contributed by atoms with Crippen molar-refractivity contribution >= 4 is 21.6 Å². The summed E-state index contributed by atoms with van der Waals surface area (Å²) >= 11 is 3.43. The molecule has 0 saturated carbocycles. The number of hydrogen-bond donors (Lipinski definition) is 1. The number of likely N-dealkylation sites (N-methyl/N-ethyl adjacent to an activating group) is 1. The molecule has 0 aliphatic carbocycles. The van der Waals surface area contributed by atoms with Crippen molar-refractivity contribution in [3.8, 4) is 0 Å². The highest BCUT2D eigenvalue weighted by Crippen LogP contribution is 2.21. The number of benzene rings is 1. The van der Waals surface area contributed by atoms with Crippen LogP contribution in [0.5, 0.6) is 0 Å². The predicted octanol–water partition coefficient (Wildman–Crippen LogP) is 2.80. The van der Waals surface area contributed by atoms with Gasteiger partial charge in [-0.05, 0) is 60.7 Å². The number of nitrogens with zero attached hydrogens (tertiary/aromatic N) is 2. The topological polar surface area (TPSA) is 32.5 Å². The Labute approximate surface area is 119 Å². The Balaban J connectivity index is 2.61. The highest BCUT2D eigenvalue weighted by atomic mass is 79.9. The van der Waals surface area contributed by atoms with E-state index in [9.17, 15) is 0 Å². The number of nitrogens with two attached hydrogens (primary N) is 1. The van der Waals surface area contributed by atoms with E-state index in [4.69, 9.17) is 5.73 Å². The third-order valence-electron chi connectivity index (χ3n) is 2.87. The summed E-state index contributed by atoms with van der Waals surface area (Å²) in [7, 11) is 4.23. The summed E-state index contributed by atoms with van der Waals surface area (Å²) in [6.45, 7) is 6.50. The second-order valence-electron chi connectivity index (χ2n) is 4.94. The molecule has 1 rings (SSSR count). The Morgan fingerprint density at radius 2 is 1.89 bits per heavy atom. The van der Waals surface area contributed by atoms with Crippen LogP contribution in [0, 0.1) is 0 Å². The molecular formula is C14H24BrN3. The lowest BCUT2D eigenvalue weighted by Gasteiger charge is -2.23. The van der Waals surface area contributed by atoms with Gasteiger partial charge in [-0.25, -0.2) is 0 Å². The molecule has 0 atom stereocenters. The van der Waals surface area contributed by atoms with Gasteiger partial charge in [0.2, 0.25) is 0 Å². The fourth-order valence-corrected chi connectivity index (χ4v) is 2.12. The summed E-state index contributed by atoms with van der Waals surface area (Å²) in [4.78, 5) is 4.70. The van der Waals surface area contributed by atoms with Gasteiger partial charge in [-0.15, -0.1) is 0 Å². The molecule has 1 aromatic rings. The minimum Gasteiger partial charge on any atom is -0.398 e. The van der Waals surface area contributed by atoms with Gasteiger partial charge < -0.3 is 10.6 Å². The van der Waals surface area contributed by atoms with E-state index in [0.29, 0.717) is 0 Å². The zero-order chi connectivity index (χ0) is 13.5. The van der Waals surface area contributed by atoms with Crippen molar-refractivity contribution in [3.05, 3.63) is 28.2 Å². The molecule has 0 aromatic heterocycles. The summed E-state index contributed by atoms with van der Waals surface area (Å²) in [6.07, 6.45) is 1.18. The second-order valence-corrected chi connectivity index (χ2v) is 5.79. The van der Waals surface area contributed by atoms with Crippen LogP contribution in [0.2, 0.25) is 0 Å². The van der Waals surface area contributed by atoms with Gasteiger partial charge in [-0.3, -0.25) is 4.90 Å². The maximum atomic E-state index is 5.92. The molecule has 0 bridgehead atoms. The number of hydrogen-bond acceptors (Lipinski definition) is 3. The molecule has 0 amide bonds. The van der Waals surface area contributed by atoms with Crippen molar-refractivity contribution in [2.45, 2.75) is 19.9 Å². The zero-order valence-corrected chi connectivity index (χ0v) is 13.2. The van der Waals surface area contributed by atoms with Crippen LogP contribution in [0.25, 0.3) is 0 Å². The first-order chi connectivity index (χ1) is 8.52. The minimum absolute atomic E-state index is 0.816. The van der Waals surface area contributed by atoms with Crippen molar-refractivity contribution in [1.82, 2.24) is 9.80 Å². The number of nitrogen functional groups attached to an aromatic ring is 1. The number of anilines is 1. The van der Waals surface area contributed by atoms with Gasteiger partial charge in [0.25, 0.3) is 0 Å². The van der Waals surface area contributed by atoms with E-state index < -0.39 is 0 Å². The van der Waals surface area contributed by atoms with Gasteiger partial charge in [0, 0.05) is 29.8 Å². The summed E-state index contributed by atoms with van der Waals surface area (Å²) in [5.74, 6) is 0. The van der Waals surface area contributed by atoms with Crippen LogP contribution in [-0.4, -0.2) is 43.5 Å². The lowest BCUT2D eigenvalue weighted by molar-refractivity contribution is 0.234. The molecule has 0 fully saturated rings. The summed E-state index contributed by atoms with van der Waals surface area (Å²) in [5, 5.41) is 0. The molecule has 102 valence electrons. The first-order valence-corrected chi connectivity index (χ1v) is 7.23. The molecule has 2 N–H and O–H groups in total. The maximum Gasteiger partial charge on any atom is 0.0461 e. The Morgan fingerprint density at radius 3 is 2.44 bits per heavy atom. The highest BCUT2D eigenvalue weighted by molar-refractivity contribution is 9.10. The van der Waals surface area contributed by atoms with Crippen molar-refractivity contribution in [3.63, 3.8) is 0 Å². The van der Waals surface area contributed by atoms with Gasteiger partial charge in [0.1, 0.15) is 0 Å². The normalized spacial score (nSPS) is 11.4. The van der Waals surface area contributed by atoms with Crippen LogP contribution in [0.1, 0.15) is 18.9 Å². The average molecular weight is 314 g/mol. The molecule has 4 heteroatoms. The fraction of sp³-hybridized carbons (Fsp3) is 0.571. The molecule has 18 heavy (non-hydrogen) atoms. The predicted molar refractivity (Wildman–Crippen MR) is 82.7 cm³/mol. The smallest absolute Gasteiger partial charge is 0.0461 e. The summed E-state index contributed by atoms with van der Waals surface area (Å²) < 4.78 is 0.974. The van der Waals surface area contributed by atoms with Gasteiger partial charge in [0.05, 0.1) is 0 Å². The molecule has 0 spiro atoms. The van der Waals surface area contributed by atoms with E-state index in [-0.39, 0.29) is 0 Å². The Bertz CT molecular complexity index is 366.